The van der Waals surface area contributed by atoms with Gasteiger partial charge in [-0.25, -0.2) is 17.4 Å². The zero-order valence-electron chi connectivity index (χ0n) is 16.3. The number of nitrogens with zero attached hydrogens (tertiary/aromatic N) is 2. The molecule has 5 rings (SSSR count). The molecule has 0 amide bonds. The number of aromatic nitrogens is 2. The molecule has 0 bridgehead atoms. The van der Waals surface area contributed by atoms with Gasteiger partial charge >= 0.3 is 0 Å². The summed E-state index contributed by atoms with van der Waals surface area (Å²) in [5.74, 6) is 0. The van der Waals surface area contributed by atoms with Gasteiger partial charge in [-0.05, 0) is 48.7 Å². The van der Waals surface area contributed by atoms with Crippen LogP contribution in [0.1, 0.15) is 11.1 Å². The van der Waals surface area contributed by atoms with Crippen molar-refractivity contribution in [2.45, 2.75) is 18.2 Å². The van der Waals surface area contributed by atoms with Crippen LogP contribution in [0.4, 0.5) is 5.69 Å². The van der Waals surface area contributed by atoms with E-state index in [0.717, 1.165) is 46.2 Å². The lowest BCUT2D eigenvalue weighted by molar-refractivity contribution is 0.589. The van der Waals surface area contributed by atoms with Crippen LogP contribution in [0.3, 0.4) is 0 Å². The van der Waals surface area contributed by atoms with Gasteiger partial charge in [-0.3, -0.25) is 0 Å². The number of anilines is 1. The van der Waals surface area contributed by atoms with Gasteiger partial charge in [0.05, 0.1) is 4.90 Å². The Balaban J connectivity index is 1.75. The van der Waals surface area contributed by atoms with Crippen LogP contribution in [0.2, 0.25) is 0 Å². The van der Waals surface area contributed by atoms with Crippen LogP contribution < -0.4 is 10.8 Å². The summed E-state index contributed by atoms with van der Waals surface area (Å²) in [7, 11) is -1.79. The summed E-state index contributed by atoms with van der Waals surface area (Å²) >= 11 is 0. The topological polar surface area (TPSA) is 64.0 Å². The van der Waals surface area contributed by atoms with E-state index >= 15 is 0 Å². The van der Waals surface area contributed by atoms with E-state index in [2.05, 4.69) is 22.4 Å². The van der Waals surface area contributed by atoms with E-state index in [1.807, 2.05) is 39.0 Å². The van der Waals surface area contributed by atoms with Gasteiger partial charge in [0.25, 0.3) is 10.0 Å². The second-order valence-electron chi connectivity index (χ2n) is 7.59. The summed E-state index contributed by atoms with van der Waals surface area (Å²) in [5, 5.41) is 4.21. The van der Waals surface area contributed by atoms with Gasteiger partial charge in [0.1, 0.15) is 7.85 Å². The zero-order valence-corrected chi connectivity index (χ0v) is 17.1. The van der Waals surface area contributed by atoms with Crippen LogP contribution in [0.5, 0.6) is 0 Å². The molecule has 0 saturated heterocycles. The van der Waals surface area contributed by atoms with Gasteiger partial charge in [0.15, 0.2) is 5.65 Å². The van der Waals surface area contributed by atoms with Crippen molar-refractivity contribution in [3.05, 3.63) is 72.1 Å². The molecule has 0 spiro atoms. The zero-order chi connectivity index (χ0) is 20.2. The van der Waals surface area contributed by atoms with Gasteiger partial charge in [-0.2, -0.15) is 0 Å². The molecule has 3 heterocycles. The predicted molar refractivity (Wildman–Crippen MR) is 119 cm³/mol. The lowest BCUT2D eigenvalue weighted by Crippen LogP contribution is -2.13. The molecule has 0 radical (unpaired) electrons. The molecule has 0 saturated carbocycles. The van der Waals surface area contributed by atoms with Crippen molar-refractivity contribution in [1.82, 2.24) is 8.96 Å². The third-order valence-corrected chi connectivity index (χ3v) is 7.12. The molecule has 5 nitrogen and oxygen atoms in total. The second-order valence-corrected chi connectivity index (χ2v) is 9.40. The van der Waals surface area contributed by atoms with Gasteiger partial charge in [-0.15, -0.1) is 0 Å². The van der Waals surface area contributed by atoms with Gasteiger partial charge < -0.3 is 5.32 Å². The molecule has 0 aliphatic carbocycles. The van der Waals surface area contributed by atoms with Gasteiger partial charge in [-0.1, -0.05) is 35.3 Å². The Morgan fingerprint density at radius 1 is 1.10 bits per heavy atom. The van der Waals surface area contributed by atoms with E-state index in [0.29, 0.717) is 5.65 Å². The summed E-state index contributed by atoms with van der Waals surface area (Å²) in [5.41, 5.74) is 6.74. The first-order valence-corrected chi connectivity index (χ1v) is 11.0. The molecular weight excluding hydrogens is 381 g/mol. The van der Waals surface area contributed by atoms with Crippen molar-refractivity contribution in [2.75, 3.05) is 11.9 Å². The van der Waals surface area contributed by atoms with E-state index in [-0.39, 0.29) is 4.90 Å². The number of hydrogen-bond acceptors (Lipinski definition) is 4. The lowest BCUT2D eigenvalue weighted by Gasteiger charge is -2.07. The Morgan fingerprint density at radius 2 is 1.90 bits per heavy atom. The standard InChI is InChI=1S/C22H20BN3O2S/c1-14-2-5-18(6-3-14)29(27,28)26-13-20(19-11-17(23)12-25-22(19)26)15-4-7-21-16(10-15)8-9-24-21/h2-7,10-13,24H,8-9,23H2,1H3. The highest BCUT2D eigenvalue weighted by atomic mass is 32.2. The number of hydrogen-bond donors (Lipinski definition) is 1. The van der Waals surface area contributed by atoms with Crippen molar-refractivity contribution in [3.8, 4) is 11.1 Å². The van der Waals surface area contributed by atoms with Crippen LogP contribution in [-0.4, -0.2) is 31.8 Å². The van der Waals surface area contributed by atoms with Crippen LogP contribution in [0.15, 0.2) is 65.8 Å². The number of aryl methyl sites for hydroxylation is 1. The Bertz CT molecular complexity index is 1360. The van der Waals surface area contributed by atoms with Crippen LogP contribution >= 0.6 is 0 Å². The third kappa shape index (κ3) is 2.93. The van der Waals surface area contributed by atoms with Crippen LogP contribution in [0.25, 0.3) is 22.2 Å². The van der Waals surface area contributed by atoms with E-state index in [1.54, 1.807) is 24.5 Å². The summed E-state index contributed by atoms with van der Waals surface area (Å²) in [6.45, 7) is 2.87. The molecule has 0 fully saturated rings. The predicted octanol–water partition coefficient (Wildman–Crippen LogP) is 2.48. The number of nitrogens with one attached hydrogen (secondary N) is 1. The van der Waals surface area contributed by atoms with Crippen LogP contribution in [0, 0.1) is 6.92 Å². The SMILES string of the molecule is Bc1cnc2c(c1)c(-c1ccc3c(c1)CCN3)cn2S(=O)(=O)c1ccc(C)cc1. The Kier molecular flexibility index (Phi) is 4.03. The number of pyridine rings is 1. The first-order valence-electron chi connectivity index (χ1n) is 9.60. The monoisotopic (exact) mass is 401 g/mol. The summed E-state index contributed by atoms with van der Waals surface area (Å²) in [6.07, 6.45) is 4.39. The van der Waals surface area contributed by atoms with Gasteiger partial charge in [0.2, 0.25) is 0 Å². The molecule has 2 aromatic carbocycles. The maximum atomic E-state index is 13.4. The number of rotatable bonds is 3. The molecular formula is C22H20BN3O2S. The van der Waals surface area contributed by atoms with Crippen molar-refractivity contribution < 1.29 is 8.42 Å². The first kappa shape index (κ1) is 18.0. The molecule has 7 heteroatoms. The minimum atomic E-state index is -3.75. The smallest absolute Gasteiger partial charge is 0.269 e. The molecule has 0 atom stereocenters. The summed E-state index contributed by atoms with van der Waals surface area (Å²) in [6, 6.07) is 15.2. The van der Waals surface area contributed by atoms with E-state index < -0.39 is 10.0 Å². The Hall–Kier alpha value is -3.06. The molecule has 2 aromatic heterocycles. The van der Waals surface area contributed by atoms with Crippen molar-refractivity contribution in [3.63, 3.8) is 0 Å². The highest BCUT2D eigenvalue weighted by Crippen LogP contribution is 2.34. The minimum Gasteiger partial charge on any atom is -0.384 e. The average Bonchev–Trinajstić information content (AvgIpc) is 3.32. The first-order chi connectivity index (χ1) is 13.9. The lowest BCUT2D eigenvalue weighted by atomic mass is 9.95. The molecule has 144 valence electrons. The molecule has 0 unspecified atom stereocenters. The van der Waals surface area contributed by atoms with E-state index in [9.17, 15) is 8.42 Å². The Morgan fingerprint density at radius 3 is 2.69 bits per heavy atom. The third-order valence-electron chi connectivity index (χ3n) is 5.45. The summed E-state index contributed by atoms with van der Waals surface area (Å²) in [4.78, 5) is 4.74. The quantitative estimate of drug-likeness (QED) is 0.536. The second kappa shape index (κ2) is 6.49. The molecule has 1 N–H and O–H groups in total. The average molecular weight is 401 g/mol. The molecule has 1 aliphatic rings. The maximum Gasteiger partial charge on any atom is 0.269 e. The largest absolute Gasteiger partial charge is 0.384 e. The van der Waals surface area contributed by atoms with E-state index in [1.165, 1.54) is 9.54 Å². The fourth-order valence-electron chi connectivity index (χ4n) is 3.89. The van der Waals surface area contributed by atoms with Crippen molar-refractivity contribution >= 4 is 40.1 Å². The number of fused-ring (bicyclic) bond motifs is 2. The number of benzene rings is 2. The van der Waals surface area contributed by atoms with Gasteiger partial charge in [0, 0.05) is 35.6 Å². The van der Waals surface area contributed by atoms with Crippen molar-refractivity contribution in [1.29, 1.82) is 0 Å². The highest BCUT2D eigenvalue weighted by Gasteiger charge is 2.23. The van der Waals surface area contributed by atoms with Crippen molar-refractivity contribution in [2.24, 2.45) is 0 Å². The summed E-state index contributed by atoms with van der Waals surface area (Å²) < 4.78 is 28.1. The Labute approximate surface area is 170 Å². The molecule has 4 aromatic rings. The van der Waals surface area contributed by atoms with Crippen LogP contribution in [-0.2, 0) is 16.4 Å². The molecule has 1 aliphatic heterocycles. The fourth-order valence-corrected chi connectivity index (χ4v) is 5.22. The minimum absolute atomic E-state index is 0.257. The normalized spacial score (nSPS) is 13.4. The highest BCUT2D eigenvalue weighted by molar-refractivity contribution is 7.90. The fraction of sp³-hybridized carbons (Fsp3) is 0.136. The molecule has 29 heavy (non-hydrogen) atoms. The van der Waals surface area contributed by atoms with E-state index in [4.69, 9.17) is 0 Å². The maximum absolute atomic E-state index is 13.4.